The van der Waals surface area contributed by atoms with E-state index < -0.39 is 0 Å². The van der Waals surface area contributed by atoms with Crippen LogP contribution in [0.15, 0.2) is 23.3 Å². The Bertz CT molecular complexity index is 1020. The second-order valence-electron chi connectivity index (χ2n) is 9.98. The summed E-state index contributed by atoms with van der Waals surface area (Å²) in [6, 6.07) is 5.87. The fourth-order valence-corrected chi connectivity index (χ4v) is 5.51. The Morgan fingerprint density at radius 2 is 1.26 bits per heavy atom. The molecule has 2 aliphatic carbocycles. The van der Waals surface area contributed by atoms with Gasteiger partial charge in [-0.2, -0.15) is 0 Å². The molecule has 0 amide bonds. The van der Waals surface area contributed by atoms with Crippen LogP contribution in [0.25, 0.3) is 12.2 Å². The third kappa shape index (κ3) is 3.76. The lowest BCUT2D eigenvalue weighted by atomic mass is 9.94. The van der Waals surface area contributed by atoms with Gasteiger partial charge in [0.2, 0.25) is 0 Å². The number of hydrogen-bond donors (Lipinski definition) is 1. The van der Waals surface area contributed by atoms with Crippen molar-refractivity contribution in [1.29, 1.82) is 0 Å². The minimum absolute atomic E-state index is 0.240. The molecule has 4 heteroatoms. The number of Topliss-reactive ketones (excluding diaryl/α,β-unsaturated/α-hetero) is 1. The predicted molar refractivity (Wildman–Crippen MR) is 127 cm³/mol. The molecular formula is C27H36N3O+. The van der Waals surface area contributed by atoms with Gasteiger partial charge in [0.1, 0.15) is 13.1 Å². The number of aromatic nitrogens is 2. The first-order valence-corrected chi connectivity index (χ1v) is 12.0. The number of carbonyl (C=O) groups is 1. The highest BCUT2D eigenvalue weighted by molar-refractivity contribution is 6.14. The van der Waals surface area contributed by atoms with Crippen LogP contribution in [0, 0.1) is 27.7 Å². The number of likely N-dealkylation sites (tertiary alicyclic amines) is 1. The van der Waals surface area contributed by atoms with Crippen LogP contribution in [0.1, 0.15) is 78.6 Å². The largest absolute Gasteiger partial charge is 0.346 e. The van der Waals surface area contributed by atoms with Gasteiger partial charge in [-0.05, 0) is 95.7 Å². The molecule has 1 aliphatic heterocycles. The average molecular weight is 419 g/mol. The molecule has 0 aromatic carbocycles. The van der Waals surface area contributed by atoms with Gasteiger partial charge in [0.15, 0.2) is 5.78 Å². The van der Waals surface area contributed by atoms with Crippen LogP contribution in [0.3, 0.4) is 0 Å². The summed E-state index contributed by atoms with van der Waals surface area (Å²) < 4.78 is 4.93. The number of aryl methyl sites for hydroxylation is 2. The Balaban J connectivity index is 1.50. The lowest BCUT2D eigenvalue weighted by Gasteiger charge is -2.25. The van der Waals surface area contributed by atoms with E-state index in [2.05, 4.69) is 68.0 Å². The van der Waals surface area contributed by atoms with Crippen molar-refractivity contribution in [2.75, 3.05) is 19.6 Å². The zero-order chi connectivity index (χ0) is 21.9. The Labute approximate surface area is 186 Å². The Hall–Kier alpha value is -2.33. The number of piperidine rings is 1. The molecular weight excluding hydrogens is 382 g/mol. The second kappa shape index (κ2) is 7.67. The van der Waals surface area contributed by atoms with Crippen molar-refractivity contribution < 1.29 is 9.69 Å². The molecule has 1 saturated heterocycles. The van der Waals surface area contributed by atoms with Gasteiger partial charge in [-0.1, -0.05) is 0 Å². The van der Waals surface area contributed by atoms with E-state index in [1.54, 1.807) is 0 Å². The molecule has 164 valence electrons. The van der Waals surface area contributed by atoms with Crippen LogP contribution in [0.5, 0.6) is 0 Å². The Morgan fingerprint density at radius 3 is 1.61 bits per heavy atom. The molecule has 2 saturated carbocycles. The molecule has 2 aromatic heterocycles. The maximum Gasteiger partial charge on any atom is 0.196 e. The van der Waals surface area contributed by atoms with Crippen LogP contribution >= 0.6 is 0 Å². The predicted octanol–water partition coefficient (Wildman–Crippen LogP) is 4.15. The van der Waals surface area contributed by atoms with Crippen molar-refractivity contribution in [3.05, 3.63) is 57.2 Å². The molecule has 31 heavy (non-hydrogen) atoms. The molecule has 1 unspecified atom stereocenters. The van der Waals surface area contributed by atoms with E-state index in [1.807, 2.05) is 0 Å². The normalized spacial score (nSPS) is 24.5. The van der Waals surface area contributed by atoms with Crippen molar-refractivity contribution in [1.82, 2.24) is 9.13 Å². The van der Waals surface area contributed by atoms with E-state index in [0.717, 1.165) is 30.8 Å². The van der Waals surface area contributed by atoms with Crippen molar-refractivity contribution in [3.8, 4) is 0 Å². The topological polar surface area (TPSA) is 31.4 Å². The molecule has 2 aromatic rings. The summed E-state index contributed by atoms with van der Waals surface area (Å²) in [5.74, 6) is 0.240. The summed E-state index contributed by atoms with van der Waals surface area (Å²) in [6.07, 6.45) is 9.49. The highest BCUT2D eigenvalue weighted by atomic mass is 16.1. The standard InChI is InChI=1S/C27H35N3O/c1-6-28-15-23(13-21-11-17(2)29(19(21)4)25-7-8-25)27(31)24(16-28)14-22-12-18(3)30(20(22)5)26-9-10-26/h11-14,25-26H,6-10,15-16H2,1-5H3/p+1/b23-13-,24-14?. The minimum Gasteiger partial charge on any atom is -0.346 e. The summed E-state index contributed by atoms with van der Waals surface area (Å²) >= 11 is 0. The molecule has 0 bridgehead atoms. The van der Waals surface area contributed by atoms with Crippen molar-refractivity contribution in [3.63, 3.8) is 0 Å². The number of rotatable bonds is 5. The molecule has 5 rings (SSSR count). The first kappa shape index (κ1) is 20.6. The van der Waals surface area contributed by atoms with Crippen LogP contribution in [-0.4, -0.2) is 34.6 Å². The van der Waals surface area contributed by atoms with Crippen molar-refractivity contribution >= 4 is 17.9 Å². The van der Waals surface area contributed by atoms with Gasteiger partial charge in [0, 0.05) is 34.9 Å². The van der Waals surface area contributed by atoms with Crippen LogP contribution in [0.2, 0.25) is 0 Å². The lowest BCUT2D eigenvalue weighted by Crippen LogP contribution is -3.13. The quantitative estimate of drug-likeness (QED) is 0.727. The van der Waals surface area contributed by atoms with E-state index >= 15 is 0 Å². The van der Waals surface area contributed by atoms with Gasteiger partial charge in [0.05, 0.1) is 17.7 Å². The second-order valence-corrected chi connectivity index (χ2v) is 9.98. The monoisotopic (exact) mass is 418 g/mol. The van der Waals surface area contributed by atoms with Gasteiger partial charge < -0.3 is 14.0 Å². The number of likely N-dealkylation sites (N-methyl/N-ethyl adjacent to an activating group) is 1. The molecule has 0 spiro atoms. The number of hydrogen-bond acceptors (Lipinski definition) is 1. The van der Waals surface area contributed by atoms with Gasteiger partial charge >= 0.3 is 0 Å². The maximum absolute atomic E-state index is 13.5. The molecule has 1 atom stereocenters. The number of nitrogens with one attached hydrogen (secondary N) is 1. The van der Waals surface area contributed by atoms with Crippen molar-refractivity contribution in [2.45, 2.75) is 72.4 Å². The van der Waals surface area contributed by atoms with Gasteiger partial charge in [-0.3, -0.25) is 4.79 Å². The van der Waals surface area contributed by atoms with Gasteiger partial charge in [-0.25, -0.2) is 0 Å². The van der Waals surface area contributed by atoms with E-state index in [1.165, 1.54) is 64.5 Å². The summed E-state index contributed by atoms with van der Waals surface area (Å²) in [5.41, 5.74) is 9.61. The zero-order valence-corrected chi connectivity index (χ0v) is 19.7. The van der Waals surface area contributed by atoms with Crippen molar-refractivity contribution in [2.24, 2.45) is 0 Å². The first-order chi connectivity index (χ1) is 14.9. The maximum atomic E-state index is 13.5. The summed E-state index contributed by atoms with van der Waals surface area (Å²) in [4.78, 5) is 15.0. The lowest BCUT2D eigenvalue weighted by molar-refractivity contribution is -0.889. The fraction of sp³-hybridized carbons (Fsp3) is 0.519. The van der Waals surface area contributed by atoms with Crippen LogP contribution in [0.4, 0.5) is 0 Å². The number of quaternary nitrogens is 1. The summed E-state index contributed by atoms with van der Waals surface area (Å²) in [7, 11) is 0. The highest BCUT2D eigenvalue weighted by Crippen LogP contribution is 2.39. The number of ketones is 1. The fourth-order valence-electron chi connectivity index (χ4n) is 5.51. The third-order valence-corrected chi connectivity index (χ3v) is 7.49. The molecule has 3 heterocycles. The van der Waals surface area contributed by atoms with Crippen LogP contribution in [-0.2, 0) is 4.79 Å². The highest BCUT2D eigenvalue weighted by Gasteiger charge is 2.31. The Morgan fingerprint density at radius 1 is 0.839 bits per heavy atom. The van der Waals surface area contributed by atoms with Crippen LogP contribution < -0.4 is 4.90 Å². The van der Waals surface area contributed by atoms with E-state index in [0.29, 0.717) is 12.1 Å². The summed E-state index contributed by atoms with van der Waals surface area (Å²) in [5, 5.41) is 0. The van der Waals surface area contributed by atoms with Gasteiger partial charge in [0.25, 0.3) is 0 Å². The summed E-state index contributed by atoms with van der Waals surface area (Å²) in [6.45, 7) is 13.7. The molecule has 1 N–H and O–H groups in total. The average Bonchev–Trinajstić information content (AvgIpc) is 3.65. The molecule has 4 nitrogen and oxygen atoms in total. The van der Waals surface area contributed by atoms with E-state index in [9.17, 15) is 4.79 Å². The molecule has 0 radical (unpaired) electrons. The minimum atomic E-state index is 0.240. The first-order valence-electron chi connectivity index (χ1n) is 12.0. The zero-order valence-electron chi connectivity index (χ0n) is 19.7. The van der Waals surface area contributed by atoms with E-state index in [-0.39, 0.29) is 5.78 Å². The van der Waals surface area contributed by atoms with E-state index in [4.69, 9.17) is 0 Å². The van der Waals surface area contributed by atoms with Gasteiger partial charge in [-0.15, -0.1) is 0 Å². The number of carbonyl (C=O) groups excluding carboxylic acids is 1. The SMILES string of the molecule is CC[NH+]1CC(=Cc2cc(C)n(C3CC3)c2C)C(=O)/C(=C\c2cc(C)n(C3CC3)c2C)C1. The smallest absolute Gasteiger partial charge is 0.196 e. The molecule has 3 aliphatic rings. The third-order valence-electron chi connectivity index (χ3n) is 7.49. The molecule has 3 fully saturated rings. The Kier molecular flexibility index (Phi) is 5.09. The number of nitrogens with zero attached hydrogens (tertiary/aromatic N) is 2.